The van der Waals surface area contributed by atoms with Gasteiger partial charge < -0.3 is 21.1 Å². The van der Waals surface area contributed by atoms with E-state index in [2.05, 4.69) is 0 Å². The first-order valence-electron chi connectivity index (χ1n) is 5.18. The molecule has 0 aromatic heterocycles. The van der Waals surface area contributed by atoms with E-state index in [0.29, 0.717) is 0 Å². The lowest BCUT2D eigenvalue weighted by atomic mass is 9.96. The van der Waals surface area contributed by atoms with E-state index in [9.17, 15) is 23.4 Å². The molecule has 0 radical (unpaired) electrons. The Kier molecular flexibility index (Phi) is 4.69. The smallest absolute Gasteiger partial charge is 0.392 e. The topological polar surface area (TPSA) is 86.7 Å². The second-order valence-corrected chi connectivity index (χ2v) is 3.82. The molecule has 0 spiro atoms. The molecule has 5 N–H and O–H groups in total. The lowest BCUT2D eigenvalue weighted by Crippen LogP contribution is -2.28. The number of halogens is 3. The van der Waals surface area contributed by atoms with Gasteiger partial charge in [-0.25, -0.2) is 0 Å². The maximum absolute atomic E-state index is 12.4. The highest BCUT2D eigenvalue weighted by molar-refractivity contribution is 5.35. The van der Waals surface area contributed by atoms with Crippen LogP contribution >= 0.6 is 0 Å². The molecular weight excluding hydrogens is 251 g/mol. The van der Waals surface area contributed by atoms with Crippen LogP contribution in [0.3, 0.4) is 0 Å². The van der Waals surface area contributed by atoms with Gasteiger partial charge in [-0.3, -0.25) is 0 Å². The van der Waals surface area contributed by atoms with Crippen molar-refractivity contribution in [2.24, 2.45) is 5.73 Å². The number of aliphatic hydroxyl groups excluding tert-OH is 3. The highest BCUT2D eigenvalue weighted by Gasteiger charge is 2.31. The Bertz CT molecular complexity index is 409. The molecule has 4 nitrogen and oxygen atoms in total. The third-order valence-electron chi connectivity index (χ3n) is 2.57. The number of benzene rings is 1. The fourth-order valence-corrected chi connectivity index (χ4v) is 1.54. The molecule has 0 aliphatic carbocycles. The second-order valence-electron chi connectivity index (χ2n) is 3.82. The molecule has 0 fully saturated rings. The van der Waals surface area contributed by atoms with Crippen LogP contribution in [0.5, 0.6) is 0 Å². The Morgan fingerprint density at radius 2 is 1.83 bits per heavy atom. The van der Waals surface area contributed by atoms with Gasteiger partial charge in [-0.15, -0.1) is 0 Å². The lowest BCUT2D eigenvalue weighted by molar-refractivity contribution is -0.137. The van der Waals surface area contributed by atoms with Gasteiger partial charge in [0.2, 0.25) is 0 Å². The van der Waals surface area contributed by atoms with E-state index < -0.39 is 30.6 Å². The van der Waals surface area contributed by atoms with E-state index in [1.165, 1.54) is 0 Å². The monoisotopic (exact) mass is 265 g/mol. The van der Waals surface area contributed by atoms with Gasteiger partial charge in [-0.2, -0.15) is 13.2 Å². The Morgan fingerprint density at radius 3 is 2.28 bits per heavy atom. The zero-order valence-electron chi connectivity index (χ0n) is 9.35. The molecule has 0 heterocycles. The fourth-order valence-electron chi connectivity index (χ4n) is 1.54. The van der Waals surface area contributed by atoms with Crippen LogP contribution < -0.4 is 5.73 Å². The third kappa shape index (κ3) is 3.20. The predicted octanol–water partition coefficient (Wildman–Crippen LogP) is 0.551. The van der Waals surface area contributed by atoms with Gasteiger partial charge in [-0.05, 0) is 23.3 Å². The summed E-state index contributed by atoms with van der Waals surface area (Å²) in [5, 5.41) is 28.0. The molecule has 0 saturated heterocycles. The SMILES string of the molecule is NCC(O)C(O)c1ccc(C(F)(F)F)cc1CO. The standard InChI is InChI=1S/C11H14F3NO3/c12-11(13,14)7-1-2-8(6(3-7)5-16)10(18)9(17)4-15/h1-3,9-10,16-18H,4-5,15H2. The normalized spacial score (nSPS) is 15.5. The summed E-state index contributed by atoms with van der Waals surface area (Å²) in [5.74, 6) is 0. The third-order valence-corrected chi connectivity index (χ3v) is 2.57. The summed E-state index contributed by atoms with van der Waals surface area (Å²) in [6.45, 7) is -0.916. The van der Waals surface area contributed by atoms with Gasteiger partial charge in [0.15, 0.2) is 0 Å². The predicted molar refractivity (Wildman–Crippen MR) is 57.4 cm³/mol. The molecule has 102 valence electrons. The van der Waals surface area contributed by atoms with Crippen LogP contribution in [0.15, 0.2) is 18.2 Å². The van der Waals surface area contributed by atoms with Crippen molar-refractivity contribution in [3.05, 3.63) is 34.9 Å². The molecule has 0 bridgehead atoms. The van der Waals surface area contributed by atoms with Gasteiger partial charge in [0.1, 0.15) is 6.10 Å². The second kappa shape index (κ2) is 5.66. The molecule has 0 amide bonds. The first kappa shape index (κ1) is 14.9. The number of nitrogens with two attached hydrogens (primary N) is 1. The Hall–Kier alpha value is -1.15. The molecule has 1 rings (SSSR count). The minimum absolute atomic E-state index is 0.0310. The van der Waals surface area contributed by atoms with Crippen LogP contribution in [-0.2, 0) is 12.8 Å². The summed E-state index contributed by atoms with van der Waals surface area (Å²) in [4.78, 5) is 0. The molecule has 1 aromatic rings. The summed E-state index contributed by atoms with van der Waals surface area (Å²) >= 11 is 0. The van der Waals surface area contributed by atoms with E-state index in [1.54, 1.807) is 0 Å². The maximum Gasteiger partial charge on any atom is 0.416 e. The number of alkyl halides is 3. The summed E-state index contributed by atoms with van der Waals surface area (Å²) in [6, 6.07) is 2.54. The van der Waals surface area contributed by atoms with E-state index in [-0.39, 0.29) is 17.7 Å². The Balaban J connectivity index is 3.15. The quantitative estimate of drug-likeness (QED) is 0.640. The van der Waals surface area contributed by atoms with E-state index in [4.69, 9.17) is 10.8 Å². The minimum Gasteiger partial charge on any atom is -0.392 e. The van der Waals surface area contributed by atoms with Gasteiger partial charge in [0.05, 0.1) is 18.3 Å². The molecular formula is C11H14F3NO3. The largest absolute Gasteiger partial charge is 0.416 e. The first-order chi connectivity index (χ1) is 8.31. The molecule has 0 aliphatic heterocycles. The van der Waals surface area contributed by atoms with Crippen molar-refractivity contribution in [3.63, 3.8) is 0 Å². The molecule has 2 unspecified atom stereocenters. The molecule has 7 heteroatoms. The summed E-state index contributed by atoms with van der Waals surface area (Å²) in [5.41, 5.74) is 4.16. The van der Waals surface area contributed by atoms with Crippen LogP contribution in [0.4, 0.5) is 13.2 Å². The van der Waals surface area contributed by atoms with Crippen molar-refractivity contribution in [2.45, 2.75) is 25.0 Å². The first-order valence-corrected chi connectivity index (χ1v) is 5.18. The van der Waals surface area contributed by atoms with Gasteiger partial charge >= 0.3 is 6.18 Å². The van der Waals surface area contributed by atoms with Crippen molar-refractivity contribution in [1.29, 1.82) is 0 Å². The van der Waals surface area contributed by atoms with Crippen molar-refractivity contribution in [2.75, 3.05) is 6.54 Å². The van der Waals surface area contributed by atoms with E-state index in [0.717, 1.165) is 18.2 Å². The van der Waals surface area contributed by atoms with Gasteiger partial charge in [0, 0.05) is 6.54 Å². The average Bonchev–Trinajstić information content (AvgIpc) is 2.35. The van der Waals surface area contributed by atoms with Crippen LogP contribution in [0.2, 0.25) is 0 Å². The van der Waals surface area contributed by atoms with Gasteiger partial charge in [-0.1, -0.05) is 6.07 Å². The van der Waals surface area contributed by atoms with E-state index in [1.807, 2.05) is 0 Å². The number of hydrogen-bond acceptors (Lipinski definition) is 4. The highest BCUT2D eigenvalue weighted by atomic mass is 19.4. The van der Waals surface area contributed by atoms with Crippen molar-refractivity contribution >= 4 is 0 Å². The average molecular weight is 265 g/mol. The zero-order chi connectivity index (χ0) is 13.9. The highest BCUT2D eigenvalue weighted by Crippen LogP contribution is 2.32. The minimum atomic E-state index is -4.53. The zero-order valence-corrected chi connectivity index (χ0v) is 9.35. The summed E-state index contributed by atoms with van der Waals surface area (Å²) in [6.07, 6.45) is -7.26. The fraction of sp³-hybridized carbons (Fsp3) is 0.455. The molecule has 0 saturated carbocycles. The lowest BCUT2D eigenvalue weighted by Gasteiger charge is -2.20. The Labute approximate surface area is 101 Å². The molecule has 2 atom stereocenters. The van der Waals surface area contributed by atoms with Crippen LogP contribution in [0.25, 0.3) is 0 Å². The van der Waals surface area contributed by atoms with Crippen molar-refractivity contribution in [1.82, 2.24) is 0 Å². The van der Waals surface area contributed by atoms with Crippen LogP contribution in [-0.4, -0.2) is 28.0 Å². The summed E-state index contributed by atoms with van der Waals surface area (Å²) < 4.78 is 37.3. The van der Waals surface area contributed by atoms with Crippen LogP contribution in [0.1, 0.15) is 22.8 Å². The molecule has 18 heavy (non-hydrogen) atoms. The Morgan fingerprint density at radius 1 is 1.22 bits per heavy atom. The summed E-state index contributed by atoms with van der Waals surface area (Å²) in [7, 11) is 0. The molecule has 0 aliphatic rings. The number of hydrogen-bond donors (Lipinski definition) is 4. The van der Waals surface area contributed by atoms with E-state index >= 15 is 0 Å². The number of rotatable bonds is 4. The number of aliphatic hydroxyl groups is 3. The van der Waals surface area contributed by atoms with Crippen molar-refractivity contribution in [3.8, 4) is 0 Å². The van der Waals surface area contributed by atoms with Gasteiger partial charge in [0.25, 0.3) is 0 Å². The van der Waals surface area contributed by atoms with Crippen LogP contribution in [0, 0.1) is 0 Å². The molecule has 1 aromatic carbocycles. The van der Waals surface area contributed by atoms with Crippen molar-refractivity contribution < 1.29 is 28.5 Å². The maximum atomic E-state index is 12.4.